The molecule has 0 saturated carbocycles. The standard InChI is InChI=1S/C21H20ClF2N3O4/c1-11(12-3-5-13(6-4-12)21(29)30)25-19(28)16-17(18(23)24)26-27(2)20(16)31-15-9-7-14(22)8-10-15/h3,5-12,18H,4H2,1-2H3,(H,25,28)(H,29,30)/t11-,12?/m0/s1. The van der Waals surface area contributed by atoms with Crippen LogP contribution in [0.4, 0.5) is 8.78 Å². The zero-order chi connectivity index (χ0) is 22.7. The summed E-state index contributed by atoms with van der Waals surface area (Å²) in [4.78, 5) is 24.0. The molecule has 0 radical (unpaired) electrons. The number of aliphatic carboxylic acids is 1. The number of alkyl halides is 2. The lowest BCUT2D eigenvalue weighted by Crippen LogP contribution is -2.38. The summed E-state index contributed by atoms with van der Waals surface area (Å²) in [7, 11) is 1.40. The van der Waals surface area contributed by atoms with Crippen LogP contribution in [0.5, 0.6) is 11.6 Å². The van der Waals surface area contributed by atoms with Gasteiger partial charge in [-0.2, -0.15) is 5.10 Å². The molecule has 1 aromatic heterocycles. The lowest BCUT2D eigenvalue weighted by atomic mass is 9.91. The third-order valence-electron chi connectivity index (χ3n) is 4.86. The van der Waals surface area contributed by atoms with Gasteiger partial charge in [-0.15, -0.1) is 0 Å². The van der Waals surface area contributed by atoms with Gasteiger partial charge in [0, 0.05) is 24.0 Å². The molecule has 31 heavy (non-hydrogen) atoms. The number of carboxylic acid groups (broad SMARTS) is 1. The van der Waals surface area contributed by atoms with Crippen molar-refractivity contribution in [2.24, 2.45) is 13.0 Å². The van der Waals surface area contributed by atoms with E-state index < -0.39 is 30.0 Å². The van der Waals surface area contributed by atoms with Crippen molar-refractivity contribution in [2.45, 2.75) is 25.8 Å². The molecular formula is C21H20ClF2N3O4. The lowest BCUT2D eigenvalue weighted by Gasteiger charge is -2.23. The molecule has 0 saturated heterocycles. The first kappa shape index (κ1) is 22.5. The maximum absolute atomic E-state index is 13.6. The lowest BCUT2D eigenvalue weighted by molar-refractivity contribution is -0.132. The van der Waals surface area contributed by atoms with Crippen LogP contribution in [0.1, 0.15) is 35.8 Å². The van der Waals surface area contributed by atoms with E-state index in [1.807, 2.05) is 0 Å². The Morgan fingerprint density at radius 3 is 2.55 bits per heavy atom. The van der Waals surface area contributed by atoms with Crippen LogP contribution in [0.15, 0.2) is 48.1 Å². The Hall–Kier alpha value is -3.20. The molecule has 2 atom stereocenters. The monoisotopic (exact) mass is 451 g/mol. The number of rotatable bonds is 7. The molecule has 1 amide bonds. The van der Waals surface area contributed by atoms with E-state index in [9.17, 15) is 18.4 Å². The summed E-state index contributed by atoms with van der Waals surface area (Å²) < 4.78 is 33.9. The van der Waals surface area contributed by atoms with Gasteiger partial charge in [0.1, 0.15) is 17.0 Å². The molecule has 1 aliphatic rings. The fourth-order valence-electron chi connectivity index (χ4n) is 3.18. The summed E-state index contributed by atoms with van der Waals surface area (Å²) in [6.45, 7) is 1.71. The normalized spacial score (nSPS) is 16.7. The summed E-state index contributed by atoms with van der Waals surface area (Å²) >= 11 is 5.85. The zero-order valence-corrected chi connectivity index (χ0v) is 17.4. The number of aromatic nitrogens is 2. The van der Waals surface area contributed by atoms with Crippen LogP contribution in [-0.4, -0.2) is 32.8 Å². The number of halogens is 3. The van der Waals surface area contributed by atoms with Gasteiger partial charge in [0.2, 0.25) is 5.88 Å². The molecule has 1 unspecified atom stereocenters. The Kier molecular flexibility index (Phi) is 6.74. The molecule has 10 heteroatoms. The molecule has 164 valence electrons. The molecule has 3 rings (SSSR count). The van der Waals surface area contributed by atoms with E-state index in [2.05, 4.69) is 10.4 Å². The number of allylic oxidation sites excluding steroid dienone is 1. The van der Waals surface area contributed by atoms with Crippen LogP contribution in [0, 0.1) is 5.92 Å². The second kappa shape index (κ2) is 9.30. The van der Waals surface area contributed by atoms with E-state index in [0.29, 0.717) is 17.2 Å². The minimum atomic E-state index is -2.99. The van der Waals surface area contributed by atoms with Crippen molar-refractivity contribution in [1.82, 2.24) is 15.1 Å². The van der Waals surface area contributed by atoms with E-state index >= 15 is 0 Å². The summed E-state index contributed by atoms with van der Waals surface area (Å²) in [5.74, 6) is -1.82. The molecule has 0 spiro atoms. The number of benzene rings is 1. The number of ether oxygens (including phenoxy) is 1. The molecule has 2 aromatic rings. The molecule has 7 nitrogen and oxygen atoms in total. The van der Waals surface area contributed by atoms with Crippen molar-refractivity contribution in [3.63, 3.8) is 0 Å². The highest BCUT2D eigenvalue weighted by Gasteiger charge is 2.31. The highest BCUT2D eigenvalue weighted by molar-refractivity contribution is 6.30. The summed E-state index contributed by atoms with van der Waals surface area (Å²) in [5.41, 5.74) is -0.884. The quantitative estimate of drug-likeness (QED) is 0.646. The number of nitrogens with one attached hydrogen (secondary N) is 1. The van der Waals surface area contributed by atoms with Crippen LogP contribution in [0.3, 0.4) is 0 Å². The van der Waals surface area contributed by atoms with E-state index in [0.717, 1.165) is 4.68 Å². The Morgan fingerprint density at radius 2 is 2.00 bits per heavy atom. The first-order chi connectivity index (χ1) is 14.7. The van der Waals surface area contributed by atoms with Gasteiger partial charge in [0.25, 0.3) is 12.3 Å². The first-order valence-electron chi connectivity index (χ1n) is 9.38. The Labute approximate surface area is 182 Å². The second-order valence-corrected chi connectivity index (χ2v) is 7.47. The maximum Gasteiger partial charge on any atom is 0.335 e. The fraction of sp³-hybridized carbons (Fsp3) is 0.286. The van der Waals surface area contributed by atoms with Crippen LogP contribution in [0.25, 0.3) is 0 Å². The fourth-order valence-corrected chi connectivity index (χ4v) is 3.30. The minimum absolute atomic E-state index is 0.130. The molecule has 0 aliphatic heterocycles. The van der Waals surface area contributed by atoms with E-state index in [-0.39, 0.29) is 22.9 Å². The van der Waals surface area contributed by atoms with Crippen molar-refractivity contribution in [3.8, 4) is 11.6 Å². The Morgan fingerprint density at radius 1 is 1.32 bits per heavy atom. The third-order valence-corrected chi connectivity index (χ3v) is 5.12. The summed E-state index contributed by atoms with van der Waals surface area (Å²) in [5, 5.41) is 15.9. The molecule has 1 aromatic carbocycles. The maximum atomic E-state index is 13.6. The van der Waals surface area contributed by atoms with Gasteiger partial charge < -0.3 is 15.2 Å². The molecule has 0 fully saturated rings. The van der Waals surface area contributed by atoms with Crippen LogP contribution < -0.4 is 10.1 Å². The average Bonchev–Trinajstić information content (AvgIpc) is 3.06. The average molecular weight is 452 g/mol. The first-order valence-corrected chi connectivity index (χ1v) is 9.76. The van der Waals surface area contributed by atoms with Crippen molar-refractivity contribution in [2.75, 3.05) is 0 Å². The SMILES string of the molecule is C[C@H](NC(=O)c1c(C(F)F)nn(C)c1Oc1ccc(Cl)cc1)C1C=CC(C(=O)O)=CC1. The van der Waals surface area contributed by atoms with Gasteiger partial charge in [0.05, 0.1) is 5.57 Å². The van der Waals surface area contributed by atoms with Gasteiger partial charge in [-0.05, 0) is 37.6 Å². The van der Waals surface area contributed by atoms with Gasteiger partial charge >= 0.3 is 5.97 Å². The number of hydrogen-bond acceptors (Lipinski definition) is 4. The number of carbonyl (C=O) groups excluding carboxylic acids is 1. The number of amides is 1. The van der Waals surface area contributed by atoms with E-state index in [4.69, 9.17) is 21.4 Å². The van der Waals surface area contributed by atoms with Crippen molar-refractivity contribution in [3.05, 3.63) is 64.3 Å². The predicted octanol–water partition coefficient (Wildman–Crippen LogP) is 4.51. The van der Waals surface area contributed by atoms with Crippen molar-refractivity contribution >= 4 is 23.5 Å². The number of aryl methyl sites for hydroxylation is 1. The van der Waals surface area contributed by atoms with Gasteiger partial charge in [-0.3, -0.25) is 4.79 Å². The predicted molar refractivity (Wildman–Crippen MR) is 110 cm³/mol. The zero-order valence-electron chi connectivity index (χ0n) is 16.7. The van der Waals surface area contributed by atoms with Gasteiger partial charge in [-0.1, -0.05) is 29.8 Å². The third kappa shape index (κ3) is 5.11. The summed E-state index contributed by atoms with van der Waals surface area (Å²) in [6.07, 6.45) is 2.10. The van der Waals surface area contributed by atoms with Crippen molar-refractivity contribution in [1.29, 1.82) is 0 Å². The van der Waals surface area contributed by atoms with Crippen LogP contribution >= 0.6 is 11.6 Å². The van der Waals surface area contributed by atoms with Gasteiger partial charge in [0.15, 0.2) is 0 Å². The topological polar surface area (TPSA) is 93.5 Å². The molecule has 2 N–H and O–H groups in total. The molecule has 1 heterocycles. The number of hydrogen-bond donors (Lipinski definition) is 2. The van der Waals surface area contributed by atoms with Crippen molar-refractivity contribution < 1.29 is 28.2 Å². The number of carboxylic acids is 1. The van der Waals surface area contributed by atoms with Crippen LogP contribution in [0.2, 0.25) is 5.02 Å². The minimum Gasteiger partial charge on any atom is -0.478 e. The Bertz CT molecular complexity index is 1050. The number of nitrogens with zero attached hydrogens (tertiary/aromatic N) is 2. The second-order valence-electron chi connectivity index (χ2n) is 7.03. The molecular weight excluding hydrogens is 432 g/mol. The van der Waals surface area contributed by atoms with Gasteiger partial charge in [-0.25, -0.2) is 18.3 Å². The number of carbonyl (C=O) groups is 2. The highest BCUT2D eigenvalue weighted by Crippen LogP contribution is 2.33. The highest BCUT2D eigenvalue weighted by atomic mass is 35.5. The molecule has 0 bridgehead atoms. The van der Waals surface area contributed by atoms with E-state index in [1.54, 1.807) is 43.3 Å². The van der Waals surface area contributed by atoms with E-state index in [1.165, 1.54) is 13.1 Å². The molecule has 1 aliphatic carbocycles. The van der Waals surface area contributed by atoms with Crippen LogP contribution in [-0.2, 0) is 11.8 Å². The smallest absolute Gasteiger partial charge is 0.335 e. The summed E-state index contributed by atoms with van der Waals surface area (Å²) in [6, 6.07) is 5.76. The largest absolute Gasteiger partial charge is 0.478 e. The Balaban J connectivity index is 1.83.